The number of methoxy groups -OCH3 is 2. The van der Waals surface area contributed by atoms with Crippen molar-refractivity contribution < 1.29 is 38.9 Å². The number of carbonyl (C=O) groups excluding carboxylic acids is 3. The van der Waals surface area contributed by atoms with E-state index in [9.17, 15) is 24.3 Å². The summed E-state index contributed by atoms with van der Waals surface area (Å²) >= 11 is 6.43. The fraction of sp³-hybridized carbons (Fsp3) is 0.467. The topological polar surface area (TPSA) is 137 Å². The van der Waals surface area contributed by atoms with Gasteiger partial charge in [-0.1, -0.05) is 50.6 Å². The molecule has 3 rings (SSSR count). The number of carboxylic acids is 1. The number of anilines is 1. The van der Waals surface area contributed by atoms with Crippen molar-refractivity contribution in [3.05, 3.63) is 52.5 Å². The van der Waals surface area contributed by atoms with E-state index in [2.05, 4.69) is 0 Å². The first kappa shape index (κ1) is 32.7. The standard InChI is InChI=1S/C30H38ClN3O8/c1-30(2,3)18-34(25(36)11-10-24(35)32-12-14-33(15-13-32)28(38)29(39)40)26-21(16-19(31)17-23(26)42-5)27(37)20-8-6-7-9-22(20)41-4/h6-9,16-17,27,37H,10-15,18H2,1-5H3,(H,39,40)/t27-/m1/s1. The van der Waals surface area contributed by atoms with Crippen LogP contribution in [-0.2, 0) is 19.2 Å². The number of benzene rings is 2. The van der Waals surface area contributed by atoms with Gasteiger partial charge in [0.2, 0.25) is 11.8 Å². The lowest BCUT2D eigenvalue weighted by atomic mass is 9.93. The largest absolute Gasteiger partial charge is 0.496 e. The van der Waals surface area contributed by atoms with Crippen LogP contribution < -0.4 is 14.4 Å². The highest BCUT2D eigenvalue weighted by Crippen LogP contribution is 2.43. The van der Waals surface area contributed by atoms with Crippen LogP contribution in [0.3, 0.4) is 0 Å². The Labute approximate surface area is 250 Å². The van der Waals surface area contributed by atoms with Crippen molar-refractivity contribution in [1.29, 1.82) is 0 Å². The van der Waals surface area contributed by atoms with Crippen molar-refractivity contribution in [2.45, 2.75) is 39.7 Å². The Morgan fingerprint density at radius 2 is 1.52 bits per heavy atom. The molecule has 2 aromatic rings. The summed E-state index contributed by atoms with van der Waals surface area (Å²) in [5, 5.41) is 20.8. The number of piperazine rings is 1. The van der Waals surface area contributed by atoms with Gasteiger partial charge < -0.3 is 34.4 Å². The van der Waals surface area contributed by atoms with Crippen molar-refractivity contribution in [2.75, 3.05) is 51.8 Å². The third-order valence-electron chi connectivity index (χ3n) is 6.88. The number of carboxylic acid groups (broad SMARTS) is 1. The van der Waals surface area contributed by atoms with Gasteiger partial charge in [0.05, 0.1) is 19.9 Å². The highest BCUT2D eigenvalue weighted by atomic mass is 35.5. The van der Waals surface area contributed by atoms with Crippen LogP contribution in [0.25, 0.3) is 0 Å². The number of para-hydroxylation sites is 1. The second kappa shape index (κ2) is 13.9. The lowest BCUT2D eigenvalue weighted by Crippen LogP contribution is -2.52. The summed E-state index contributed by atoms with van der Waals surface area (Å²) in [5.74, 6) is -2.43. The minimum Gasteiger partial charge on any atom is -0.496 e. The highest BCUT2D eigenvalue weighted by Gasteiger charge is 2.32. The third kappa shape index (κ3) is 7.92. The normalized spacial score (nSPS) is 14.3. The zero-order valence-electron chi connectivity index (χ0n) is 24.6. The molecule has 228 valence electrons. The fourth-order valence-corrected chi connectivity index (χ4v) is 5.09. The molecule has 0 saturated carbocycles. The minimum atomic E-state index is -1.54. The molecule has 0 aromatic heterocycles. The van der Waals surface area contributed by atoms with Gasteiger partial charge in [0.15, 0.2) is 0 Å². The molecule has 1 atom stereocenters. The highest BCUT2D eigenvalue weighted by molar-refractivity contribution is 6.31. The van der Waals surface area contributed by atoms with Gasteiger partial charge in [-0.25, -0.2) is 4.79 Å². The first-order valence-electron chi connectivity index (χ1n) is 13.6. The molecule has 0 bridgehead atoms. The maximum atomic E-state index is 13.9. The molecule has 12 heteroatoms. The first-order valence-corrected chi connectivity index (χ1v) is 13.9. The summed E-state index contributed by atoms with van der Waals surface area (Å²) in [6.07, 6.45) is -1.43. The Kier molecular flexibility index (Phi) is 10.8. The number of amides is 3. The number of ether oxygens (including phenoxy) is 2. The van der Waals surface area contributed by atoms with Crippen LogP contribution in [0.4, 0.5) is 5.69 Å². The van der Waals surface area contributed by atoms with Crippen LogP contribution >= 0.6 is 11.6 Å². The Morgan fingerprint density at radius 1 is 0.929 bits per heavy atom. The third-order valence-corrected chi connectivity index (χ3v) is 7.09. The zero-order chi connectivity index (χ0) is 31.2. The number of hydrogen-bond acceptors (Lipinski definition) is 7. The van der Waals surface area contributed by atoms with Crippen LogP contribution in [-0.4, -0.2) is 90.6 Å². The molecule has 42 heavy (non-hydrogen) atoms. The van der Waals surface area contributed by atoms with Crippen molar-refractivity contribution in [3.8, 4) is 11.5 Å². The molecule has 11 nitrogen and oxygen atoms in total. The van der Waals surface area contributed by atoms with Crippen molar-refractivity contribution in [3.63, 3.8) is 0 Å². The molecule has 1 aliphatic rings. The van der Waals surface area contributed by atoms with E-state index in [1.165, 1.54) is 28.9 Å². The number of hydrogen-bond donors (Lipinski definition) is 2. The quantitative estimate of drug-likeness (QED) is 0.416. The second-order valence-corrected chi connectivity index (χ2v) is 11.6. The number of aliphatic hydroxyl groups excluding tert-OH is 1. The van der Waals surface area contributed by atoms with Gasteiger partial charge in [-0.15, -0.1) is 0 Å². The predicted molar refractivity (Wildman–Crippen MR) is 157 cm³/mol. The van der Waals surface area contributed by atoms with E-state index in [4.69, 9.17) is 26.2 Å². The number of aliphatic hydroxyl groups is 1. The lowest BCUT2D eigenvalue weighted by molar-refractivity contribution is -0.157. The van der Waals surface area contributed by atoms with Crippen molar-refractivity contribution in [2.24, 2.45) is 5.41 Å². The van der Waals surface area contributed by atoms with Gasteiger partial charge in [-0.2, -0.15) is 0 Å². The fourth-order valence-electron chi connectivity index (χ4n) is 4.87. The summed E-state index contributed by atoms with van der Waals surface area (Å²) in [7, 11) is 2.95. The molecule has 3 amide bonds. The summed E-state index contributed by atoms with van der Waals surface area (Å²) in [5.41, 5.74) is 0.786. The number of carbonyl (C=O) groups is 4. The van der Waals surface area contributed by atoms with Crippen LogP contribution in [0.1, 0.15) is 50.8 Å². The van der Waals surface area contributed by atoms with Crippen LogP contribution in [0.5, 0.6) is 11.5 Å². The van der Waals surface area contributed by atoms with E-state index in [1.54, 1.807) is 36.4 Å². The monoisotopic (exact) mass is 603 g/mol. The van der Waals surface area contributed by atoms with E-state index < -0.39 is 18.0 Å². The maximum absolute atomic E-state index is 13.9. The average molecular weight is 604 g/mol. The Morgan fingerprint density at radius 3 is 2.10 bits per heavy atom. The van der Waals surface area contributed by atoms with E-state index in [0.29, 0.717) is 27.6 Å². The van der Waals surface area contributed by atoms with Crippen molar-refractivity contribution in [1.82, 2.24) is 9.80 Å². The maximum Gasteiger partial charge on any atom is 0.394 e. The molecule has 1 heterocycles. The van der Waals surface area contributed by atoms with Gasteiger partial charge in [0, 0.05) is 67.8 Å². The Hall–Kier alpha value is -3.83. The number of aliphatic carboxylic acids is 1. The summed E-state index contributed by atoms with van der Waals surface area (Å²) in [6.45, 7) is 6.72. The molecule has 0 unspecified atom stereocenters. The number of rotatable bonds is 9. The predicted octanol–water partition coefficient (Wildman–Crippen LogP) is 3.35. The summed E-state index contributed by atoms with van der Waals surface area (Å²) in [4.78, 5) is 53.8. The average Bonchev–Trinajstić information content (AvgIpc) is 2.96. The lowest BCUT2D eigenvalue weighted by Gasteiger charge is -2.35. The molecule has 0 aliphatic carbocycles. The molecule has 0 spiro atoms. The van der Waals surface area contributed by atoms with Crippen LogP contribution in [0, 0.1) is 5.41 Å². The molecule has 1 saturated heterocycles. The van der Waals surface area contributed by atoms with Gasteiger partial charge >= 0.3 is 11.9 Å². The number of nitrogens with zero attached hydrogens (tertiary/aromatic N) is 3. The van der Waals surface area contributed by atoms with Crippen LogP contribution in [0.2, 0.25) is 5.02 Å². The smallest absolute Gasteiger partial charge is 0.394 e. The molecule has 1 fully saturated rings. The summed E-state index contributed by atoms with van der Waals surface area (Å²) < 4.78 is 11.1. The van der Waals surface area contributed by atoms with Gasteiger partial charge in [0.25, 0.3) is 0 Å². The zero-order valence-corrected chi connectivity index (χ0v) is 25.3. The molecular weight excluding hydrogens is 566 g/mol. The minimum absolute atomic E-state index is 0.0906. The van der Waals surface area contributed by atoms with Gasteiger partial charge in [-0.3, -0.25) is 14.4 Å². The molecule has 2 N–H and O–H groups in total. The molecule has 0 radical (unpaired) electrons. The summed E-state index contributed by atoms with van der Waals surface area (Å²) in [6, 6.07) is 10.2. The SMILES string of the molecule is COc1ccccc1[C@@H](O)c1cc(Cl)cc(OC)c1N(CC(C)(C)C)C(=O)CCC(=O)N1CCN(C(=O)C(=O)O)CC1. The van der Waals surface area contributed by atoms with E-state index in [0.717, 1.165) is 0 Å². The van der Waals surface area contributed by atoms with Crippen LogP contribution in [0.15, 0.2) is 36.4 Å². The molecule has 2 aromatic carbocycles. The van der Waals surface area contributed by atoms with E-state index >= 15 is 0 Å². The second-order valence-electron chi connectivity index (χ2n) is 11.2. The molecular formula is C30H38ClN3O8. The van der Waals surface area contributed by atoms with E-state index in [1.807, 2.05) is 20.8 Å². The number of halogens is 1. The van der Waals surface area contributed by atoms with Crippen molar-refractivity contribution >= 4 is 41.0 Å². The Balaban J connectivity index is 1.90. The Bertz CT molecular complexity index is 1320. The van der Waals surface area contributed by atoms with Gasteiger partial charge in [-0.05, 0) is 17.5 Å². The first-order chi connectivity index (χ1) is 19.8. The molecule has 1 aliphatic heterocycles. The van der Waals surface area contributed by atoms with E-state index in [-0.39, 0.29) is 68.5 Å². The van der Waals surface area contributed by atoms with Gasteiger partial charge in [0.1, 0.15) is 17.6 Å².